The van der Waals surface area contributed by atoms with Crippen molar-refractivity contribution in [2.45, 2.75) is 6.92 Å². The second-order valence-electron chi connectivity index (χ2n) is 4.00. The van der Waals surface area contributed by atoms with Gasteiger partial charge in [0.2, 0.25) is 0 Å². The Morgan fingerprint density at radius 3 is 3.00 bits per heavy atom. The molecule has 18 heavy (non-hydrogen) atoms. The van der Waals surface area contributed by atoms with Crippen LogP contribution in [0.15, 0.2) is 18.2 Å². The van der Waals surface area contributed by atoms with Crippen LogP contribution in [0.3, 0.4) is 0 Å². The first-order valence-corrected chi connectivity index (χ1v) is 5.55. The summed E-state index contributed by atoms with van der Waals surface area (Å²) < 4.78 is 18.4. The van der Waals surface area contributed by atoms with E-state index in [1.165, 1.54) is 12.1 Å². The Labute approximate surface area is 104 Å². The number of carbonyl (C=O) groups is 2. The fourth-order valence-corrected chi connectivity index (χ4v) is 1.65. The van der Waals surface area contributed by atoms with Crippen LogP contribution in [0.1, 0.15) is 5.56 Å². The Bertz CT molecular complexity index is 490. The summed E-state index contributed by atoms with van der Waals surface area (Å²) in [6.07, 6.45) is 0. The molecule has 0 aliphatic carbocycles. The van der Waals surface area contributed by atoms with E-state index >= 15 is 0 Å². The first-order chi connectivity index (χ1) is 8.58. The number of rotatable bonds is 3. The van der Waals surface area contributed by atoms with Gasteiger partial charge in [-0.3, -0.25) is 9.69 Å². The average Bonchev–Trinajstić information content (AvgIpc) is 2.76. The molecule has 6 heteroatoms. The minimum absolute atomic E-state index is 0.0166. The van der Waals surface area contributed by atoms with E-state index in [0.29, 0.717) is 13.1 Å². The van der Waals surface area contributed by atoms with Crippen LogP contribution in [0, 0.1) is 12.7 Å². The monoisotopic (exact) mass is 252 g/mol. The molecular formula is C12H13FN2O3. The minimum atomic E-state index is -0.528. The third kappa shape index (κ3) is 2.58. The molecule has 0 unspecified atom stereocenters. The molecule has 1 aromatic rings. The first kappa shape index (κ1) is 12.3. The van der Waals surface area contributed by atoms with Gasteiger partial charge in [0.1, 0.15) is 0 Å². The van der Waals surface area contributed by atoms with E-state index in [1.807, 2.05) is 0 Å². The maximum atomic E-state index is 13.3. The van der Waals surface area contributed by atoms with Gasteiger partial charge in [0.05, 0.1) is 0 Å². The number of carbonyl (C=O) groups excluding carboxylic acids is 2. The molecular weight excluding hydrogens is 239 g/mol. The predicted octanol–water partition coefficient (Wildman–Crippen LogP) is 1.06. The Morgan fingerprint density at radius 2 is 2.33 bits per heavy atom. The summed E-state index contributed by atoms with van der Waals surface area (Å²) in [4.78, 5) is 23.9. The molecule has 2 rings (SSSR count). The normalized spacial score (nSPS) is 14.6. The molecule has 0 radical (unpaired) electrons. The number of aryl methyl sites for hydroxylation is 1. The maximum Gasteiger partial charge on any atom is 0.324 e. The van der Waals surface area contributed by atoms with Gasteiger partial charge >= 0.3 is 6.03 Å². The molecule has 1 aromatic carbocycles. The summed E-state index contributed by atoms with van der Waals surface area (Å²) in [6, 6.07) is 3.95. The van der Waals surface area contributed by atoms with Gasteiger partial charge in [0.15, 0.2) is 18.2 Å². The van der Waals surface area contributed by atoms with Gasteiger partial charge in [0.25, 0.3) is 5.91 Å². The van der Waals surface area contributed by atoms with Gasteiger partial charge in [-0.15, -0.1) is 0 Å². The van der Waals surface area contributed by atoms with Crippen molar-refractivity contribution in [1.82, 2.24) is 10.2 Å². The molecule has 5 nitrogen and oxygen atoms in total. The molecule has 1 saturated heterocycles. The summed E-state index contributed by atoms with van der Waals surface area (Å²) >= 11 is 0. The summed E-state index contributed by atoms with van der Waals surface area (Å²) in [7, 11) is 0. The third-order valence-corrected chi connectivity index (χ3v) is 2.60. The molecule has 3 amide bonds. The van der Waals surface area contributed by atoms with Crippen molar-refractivity contribution in [2.24, 2.45) is 0 Å². The number of amides is 3. The van der Waals surface area contributed by atoms with Crippen LogP contribution in [0.4, 0.5) is 9.18 Å². The smallest absolute Gasteiger partial charge is 0.324 e. The molecule has 0 atom stereocenters. The lowest BCUT2D eigenvalue weighted by Gasteiger charge is -2.13. The first-order valence-electron chi connectivity index (χ1n) is 5.55. The number of nitrogens with one attached hydrogen (secondary N) is 1. The van der Waals surface area contributed by atoms with Crippen molar-refractivity contribution in [3.8, 4) is 5.75 Å². The van der Waals surface area contributed by atoms with E-state index in [-0.39, 0.29) is 12.4 Å². The number of imide groups is 1. The fraction of sp³-hybridized carbons (Fsp3) is 0.333. The molecule has 0 aromatic heterocycles. The Kier molecular flexibility index (Phi) is 3.45. The van der Waals surface area contributed by atoms with E-state index in [0.717, 1.165) is 10.5 Å². The number of hydrogen-bond donors (Lipinski definition) is 1. The van der Waals surface area contributed by atoms with E-state index in [4.69, 9.17) is 4.74 Å². The molecule has 0 bridgehead atoms. The van der Waals surface area contributed by atoms with Gasteiger partial charge in [-0.1, -0.05) is 6.07 Å². The van der Waals surface area contributed by atoms with Crippen molar-refractivity contribution in [1.29, 1.82) is 0 Å². The second kappa shape index (κ2) is 5.03. The lowest BCUT2D eigenvalue weighted by molar-refractivity contribution is -0.129. The van der Waals surface area contributed by atoms with E-state index in [2.05, 4.69) is 5.32 Å². The number of nitrogens with zero attached hydrogens (tertiary/aromatic N) is 1. The number of urea groups is 1. The molecule has 1 N–H and O–H groups in total. The second-order valence-corrected chi connectivity index (χ2v) is 4.00. The summed E-state index contributed by atoms with van der Waals surface area (Å²) in [5.74, 6) is -0.992. The van der Waals surface area contributed by atoms with Crippen LogP contribution >= 0.6 is 0 Å². The van der Waals surface area contributed by atoms with Crippen LogP contribution in [-0.2, 0) is 4.79 Å². The fourth-order valence-electron chi connectivity index (χ4n) is 1.65. The highest BCUT2D eigenvalue weighted by molar-refractivity contribution is 5.96. The van der Waals surface area contributed by atoms with Gasteiger partial charge in [0, 0.05) is 13.1 Å². The SMILES string of the molecule is Cc1ccc(F)c(OCC(=O)N2CCNC2=O)c1. The third-order valence-electron chi connectivity index (χ3n) is 2.60. The molecule has 1 fully saturated rings. The predicted molar refractivity (Wildman–Crippen MR) is 61.7 cm³/mol. The highest BCUT2D eigenvalue weighted by Crippen LogP contribution is 2.18. The van der Waals surface area contributed by atoms with Crippen LogP contribution in [0.5, 0.6) is 5.75 Å². The molecule has 0 spiro atoms. The molecule has 96 valence electrons. The largest absolute Gasteiger partial charge is 0.481 e. The summed E-state index contributed by atoms with van der Waals surface area (Å²) in [6.45, 7) is 2.19. The quantitative estimate of drug-likeness (QED) is 0.875. The topological polar surface area (TPSA) is 58.6 Å². The highest BCUT2D eigenvalue weighted by Gasteiger charge is 2.26. The Balaban J connectivity index is 1.97. The summed E-state index contributed by atoms with van der Waals surface area (Å²) in [5.41, 5.74) is 0.831. The van der Waals surface area contributed by atoms with Crippen molar-refractivity contribution in [2.75, 3.05) is 19.7 Å². The van der Waals surface area contributed by atoms with Crippen LogP contribution < -0.4 is 10.1 Å². The summed E-state index contributed by atoms with van der Waals surface area (Å²) in [5, 5.41) is 2.51. The van der Waals surface area contributed by atoms with Crippen LogP contribution in [0.25, 0.3) is 0 Å². The minimum Gasteiger partial charge on any atom is -0.481 e. The van der Waals surface area contributed by atoms with Crippen molar-refractivity contribution < 1.29 is 18.7 Å². The average molecular weight is 252 g/mol. The van der Waals surface area contributed by atoms with Gasteiger partial charge in [-0.25, -0.2) is 9.18 Å². The lowest BCUT2D eigenvalue weighted by Crippen LogP contribution is -2.37. The number of hydrogen-bond acceptors (Lipinski definition) is 3. The van der Waals surface area contributed by atoms with E-state index in [1.54, 1.807) is 13.0 Å². The van der Waals surface area contributed by atoms with Gasteiger partial charge in [-0.2, -0.15) is 0 Å². The number of benzene rings is 1. The Hall–Kier alpha value is -2.11. The maximum absolute atomic E-state index is 13.3. The van der Waals surface area contributed by atoms with Crippen molar-refractivity contribution >= 4 is 11.9 Å². The van der Waals surface area contributed by atoms with Gasteiger partial charge < -0.3 is 10.1 Å². The van der Waals surface area contributed by atoms with Crippen molar-refractivity contribution in [3.63, 3.8) is 0 Å². The number of halogens is 1. The number of ether oxygens (including phenoxy) is 1. The van der Waals surface area contributed by atoms with Gasteiger partial charge in [-0.05, 0) is 24.6 Å². The zero-order valence-corrected chi connectivity index (χ0v) is 9.90. The van der Waals surface area contributed by atoms with E-state index < -0.39 is 17.8 Å². The zero-order chi connectivity index (χ0) is 13.1. The standard InChI is InChI=1S/C12H13FN2O3/c1-8-2-3-9(13)10(6-8)18-7-11(16)15-5-4-14-12(15)17/h2-3,6H,4-5,7H2,1H3,(H,14,17). The van der Waals surface area contributed by atoms with Crippen LogP contribution in [-0.4, -0.2) is 36.5 Å². The highest BCUT2D eigenvalue weighted by atomic mass is 19.1. The Morgan fingerprint density at radius 1 is 1.56 bits per heavy atom. The molecule has 1 aliphatic heterocycles. The molecule has 1 aliphatic rings. The van der Waals surface area contributed by atoms with E-state index in [9.17, 15) is 14.0 Å². The zero-order valence-electron chi connectivity index (χ0n) is 9.90. The molecule has 0 saturated carbocycles. The van der Waals surface area contributed by atoms with Crippen molar-refractivity contribution in [3.05, 3.63) is 29.6 Å². The lowest BCUT2D eigenvalue weighted by atomic mass is 10.2. The van der Waals surface area contributed by atoms with Crippen LogP contribution in [0.2, 0.25) is 0 Å². The molecule has 1 heterocycles.